The minimum absolute atomic E-state index is 0.0230. The number of ether oxygens (including phenoxy) is 2. The number of nitrogens with zero attached hydrogens (tertiary/aromatic N) is 4. The van der Waals surface area contributed by atoms with Gasteiger partial charge in [-0.3, -0.25) is 0 Å². The van der Waals surface area contributed by atoms with Gasteiger partial charge in [-0.25, -0.2) is 15.0 Å². The van der Waals surface area contributed by atoms with Crippen LogP contribution in [-0.4, -0.2) is 44.1 Å². The van der Waals surface area contributed by atoms with Crippen molar-refractivity contribution < 1.29 is 9.47 Å². The number of nitrogens with two attached hydrogens (primary N) is 2. The van der Waals surface area contributed by atoms with Gasteiger partial charge in [0, 0.05) is 5.41 Å². The highest BCUT2D eigenvalue weighted by Crippen LogP contribution is 2.68. The van der Waals surface area contributed by atoms with Crippen molar-refractivity contribution in [2.45, 2.75) is 50.7 Å². The summed E-state index contributed by atoms with van der Waals surface area (Å²) in [5.41, 5.74) is 13.4. The summed E-state index contributed by atoms with van der Waals surface area (Å²) < 4.78 is 14.6. The maximum absolute atomic E-state index is 6.28. The monoisotopic (exact) mass is 330 g/mol. The van der Waals surface area contributed by atoms with Crippen molar-refractivity contribution in [1.29, 1.82) is 0 Å². The molecule has 1 spiro atoms. The van der Waals surface area contributed by atoms with Crippen LogP contribution in [0.4, 0.5) is 5.82 Å². The third kappa shape index (κ3) is 1.76. The van der Waals surface area contributed by atoms with Crippen molar-refractivity contribution >= 4 is 17.0 Å². The quantitative estimate of drug-likeness (QED) is 0.838. The van der Waals surface area contributed by atoms with E-state index in [9.17, 15) is 0 Å². The fourth-order valence-electron chi connectivity index (χ4n) is 4.82. The number of fused-ring (bicyclic) bond motifs is 3. The zero-order valence-corrected chi connectivity index (χ0v) is 13.8. The third-order valence-electron chi connectivity index (χ3n) is 5.97. The second-order valence-electron chi connectivity index (χ2n) is 7.75. The molecule has 3 fully saturated rings. The van der Waals surface area contributed by atoms with Crippen LogP contribution in [0.5, 0.6) is 0 Å². The van der Waals surface area contributed by atoms with E-state index in [4.69, 9.17) is 20.9 Å². The summed E-state index contributed by atoms with van der Waals surface area (Å²) in [4.78, 5) is 12.8. The average molecular weight is 330 g/mol. The normalized spacial score (nSPS) is 39.6. The molecule has 2 unspecified atom stereocenters. The molecule has 1 saturated heterocycles. The molecule has 2 aliphatic carbocycles. The van der Waals surface area contributed by atoms with Gasteiger partial charge in [0.2, 0.25) is 0 Å². The lowest BCUT2D eigenvalue weighted by atomic mass is 9.98. The van der Waals surface area contributed by atoms with Crippen LogP contribution in [0.3, 0.4) is 0 Å². The van der Waals surface area contributed by atoms with Crippen molar-refractivity contribution in [2.75, 3.05) is 12.3 Å². The fourth-order valence-corrected chi connectivity index (χ4v) is 4.82. The molecule has 1 aliphatic heterocycles. The van der Waals surface area contributed by atoms with E-state index in [0.29, 0.717) is 23.8 Å². The van der Waals surface area contributed by atoms with Gasteiger partial charge in [-0.05, 0) is 39.2 Å². The van der Waals surface area contributed by atoms with Crippen LogP contribution in [-0.2, 0) is 9.47 Å². The summed E-state index contributed by atoms with van der Waals surface area (Å²) >= 11 is 0. The maximum atomic E-state index is 6.28. The molecule has 128 valence electrons. The smallest absolute Gasteiger partial charge is 0.165 e. The van der Waals surface area contributed by atoms with Gasteiger partial charge >= 0.3 is 0 Å². The molecule has 3 aliphatic rings. The van der Waals surface area contributed by atoms with Gasteiger partial charge in [0.1, 0.15) is 17.9 Å². The molecule has 5 atom stereocenters. The van der Waals surface area contributed by atoms with Gasteiger partial charge in [0.25, 0.3) is 0 Å². The van der Waals surface area contributed by atoms with Crippen LogP contribution in [0.25, 0.3) is 11.2 Å². The molecule has 8 nitrogen and oxygen atoms in total. The minimum atomic E-state index is -0.576. The molecule has 2 aromatic rings. The molecule has 0 aromatic carbocycles. The van der Waals surface area contributed by atoms with E-state index >= 15 is 0 Å². The lowest BCUT2D eigenvalue weighted by Crippen LogP contribution is -2.29. The molecule has 0 bridgehead atoms. The van der Waals surface area contributed by atoms with Gasteiger partial charge in [0.15, 0.2) is 17.3 Å². The molecule has 2 aromatic heterocycles. The van der Waals surface area contributed by atoms with Gasteiger partial charge in [0.05, 0.1) is 18.5 Å². The minimum Gasteiger partial charge on any atom is -0.382 e. The Hall–Kier alpha value is -1.77. The van der Waals surface area contributed by atoms with Crippen molar-refractivity contribution in [3.63, 3.8) is 0 Å². The SMILES string of the molecule is CC1(C)OC2C(O1)[C@]1(C[C@H]1CN)C[C@H]2n1cnc2c(N)ncnc21. The van der Waals surface area contributed by atoms with Gasteiger partial charge in [-0.15, -0.1) is 0 Å². The van der Waals surface area contributed by atoms with Crippen LogP contribution in [0, 0.1) is 11.3 Å². The molecular formula is C16H22N6O2. The number of hydrogen-bond acceptors (Lipinski definition) is 7. The average Bonchev–Trinajstić information content (AvgIpc) is 2.78. The number of anilines is 1. The van der Waals surface area contributed by atoms with E-state index in [1.54, 1.807) is 6.33 Å². The largest absolute Gasteiger partial charge is 0.382 e. The van der Waals surface area contributed by atoms with E-state index in [-0.39, 0.29) is 23.7 Å². The van der Waals surface area contributed by atoms with Crippen LogP contribution < -0.4 is 11.5 Å². The predicted molar refractivity (Wildman–Crippen MR) is 86.8 cm³/mol. The van der Waals surface area contributed by atoms with Crippen molar-refractivity contribution in [2.24, 2.45) is 17.1 Å². The summed E-state index contributed by atoms with van der Waals surface area (Å²) in [6, 6.07) is 0.118. The molecular weight excluding hydrogens is 308 g/mol. The maximum Gasteiger partial charge on any atom is 0.165 e. The van der Waals surface area contributed by atoms with Crippen molar-refractivity contribution in [3.05, 3.63) is 12.7 Å². The van der Waals surface area contributed by atoms with E-state index in [2.05, 4.69) is 19.5 Å². The van der Waals surface area contributed by atoms with Crippen molar-refractivity contribution in [3.8, 4) is 0 Å². The summed E-state index contributed by atoms with van der Waals surface area (Å²) in [5.74, 6) is 0.327. The molecule has 4 N–H and O–H groups in total. The Morgan fingerprint density at radius 3 is 2.83 bits per heavy atom. The zero-order valence-electron chi connectivity index (χ0n) is 13.8. The van der Waals surface area contributed by atoms with Crippen molar-refractivity contribution in [1.82, 2.24) is 19.5 Å². The molecule has 5 rings (SSSR count). The third-order valence-corrected chi connectivity index (χ3v) is 5.97. The molecule has 24 heavy (non-hydrogen) atoms. The predicted octanol–water partition coefficient (Wildman–Crippen LogP) is 0.838. The number of rotatable bonds is 2. The first kappa shape index (κ1) is 14.6. The van der Waals surface area contributed by atoms with Gasteiger partial charge in [-0.1, -0.05) is 0 Å². The number of imidazole rings is 1. The van der Waals surface area contributed by atoms with E-state index in [1.165, 1.54) is 6.33 Å². The van der Waals surface area contributed by atoms with Crippen LogP contribution in [0.2, 0.25) is 0 Å². The lowest BCUT2D eigenvalue weighted by Gasteiger charge is -2.24. The first-order valence-electron chi connectivity index (χ1n) is 8.44. The summed E-state index contributed by atoms with van der Waals surface area (Å²) in [7, 11) is 0. The Bertz CT molecular complexity index is 820. The Labute approximate surface area is 139 Å². The van der Waals surface area contributed by atoms with Crippen LogP contribution in [0.1, 0.15) is 32.7 Å². The van der Waals surface area contributed by atoms with Crippen LogP contribution >= 0.6 is 0 Å². The molecule has 0 amide bonds. The Balaban J connectivity index is 1.59. The topological polar surface area (TPSA) is 114 Å². The summed E-state index contributed by atoms with van der Waals surface area (Å²) in [5, 5.41) is 0. The van der Waals surface area contributed by atoms with Crippen LogP contribution in [0.15, 0.2) is 12.7 Å². The number of aromatic nitrogens is 4. The summed E-state index contributed by atoms with van der Waals surface area (Å²) in [6.45, 7) is 4.64. The van der Waals surface area contributed by atoms with E-state index in [0.717, 1.165) is 18.5 Å². The zero-order chi connectivity index (χ0) is 16.7. The second-order valence-corrected chi connectivity index (χ2v) is 7.75. The first-order chi connectivity index (χ1) is 11.5. The first-order valence-corrected chi connectivity index (χ1v) is 8.44. The molecule has 8 heteroatoms. The fraction of sp³-hybridized carbons (Fsp3) is 0.688. The molecule has 3 heterocycles. The molecule has 0 radical (unpaired) electrons. The lowest BCUT2D eigenvalue weighted by molar-refractivity contribution is -0.162. The number of hydrogen-bond donors (Lipinski definition) is 2. The Morgan fingerprint density at radius 2 is 2.08 bits per heavy atom. The number of nitrogen functional groups attached to an aromatic ring is 1. The molecule has 2 saturated carbocycles. The highest BCUT2D eigenvalue weighted by atomic mass is 16.8. The van der Waals surface area contributed by atoms with Gasteiger partial charge < -0.3 is 25.5 Å². The Kier molecular flexibility index (Phi) is 2.69. The van der Waals surface area contributed by atoms with Gasteiger partial charge in [-0.2, -0.15) is 0 Å². The Morgan fingerprint density at radius 1 is 1.25 bits per heavy atom. The summed E-state index contributed by atoms with van der Waals surface area (Å²) in [6.07, 6.45) is 5.39. The van der Waals surface area contributed by atoms with E-state index < -0.39 is 5.79 Å². The highest BCUT2D eigenvalue weighted by Gasteiger charge is 2.71. The highest BCUT2D eigenvalue weighted by molar-refractivity contribution is 5.81. The van der Waals surface area contributed by atoms with E-state index in [1.807, 2.05) is 13.8 Å². The second kappa shape index (κ2) is 4.44. The standard InChI is InChI=1S/C16H22N6O2/c1-15(2)23-11-9(4-16(12(11)24-15)3-8(16)5-17)22-7-21-10-13(18)19-6-20-14(10)22/h6-9,11-12H,3-5,17H2,1-2H3,(H2,18,19,20)/t8-,9+,11?,12?,16+/m0/s1.